The number of benzene rings is 1. The van der Waals surface area contributed by atoms with E-state index in [4.69, 9.17) is 4.43 Å². The average molecular weight is 399 g/mol. The third-order valence-corrected chi connectivity index (χ3v) is 10.3. The van der Waals surface area contributed by atoms with Crippen LogP contribution in [0.15, 0.2) is 48.6 Å². The second-order valence-corrected chi connectivity index (χ2v) is 19.4. The average Bonchev–Trinajstić information content (AvgIpc) is 2.54. The van der Waals surface area contributed by atoms with Crippen molar-refractivity contribution in [2.24, 2.45) is 5.92 Å². The molecule has 0 aliphatic rings. The number of hydrogen-bond acceptors (Lipinski definition) is 1. The van der Waals surface area contributed by atoms with Crippen LogP contribution in [-0.2, 0) is 4.43 Å². The van der Waals surface area contributed by atoms with E-state index in [2.05, 4.69) is 114 Å². The number of hydrogen-bond donors (Lipinski definition) is 0. The highest BCUT2D eigenvalue weighted by Crippen LogP contribution is 2.36. The predicted octanol–water partition coefficient (Wildman–Crippen LogP) is 7.16. The van der Waals surface area contributed by atoms with Crippen LogP contribution < -0.4 is 0 Å². The van der Waals surface area contributed by atoms with Crippen LogP contribution in [0.5, 0.6) is 0 Å². The molecule has 0 unspecified atom stereocenters. The van der Waals surface area contributed by atoms with Gasteiger partial charge in [-0.15, -0.1) is 5.54 Å². The van der Waals surface area contributed by atoms with Crippen molar-refractivity contribution in [2.45, 2.75) is 65.5 Å². The van der Waals surface area contributed by atoms with Gasteiger partial charge in [-0.1, -0.05) is 89.7 Å². The summed E-state index contributed by atoms with van der Waals surface area (Å²) in [6, 6.07) is 10.5. The second kappa shape index (κ2) is 9.73. The Morgan fingerprint density at radius 1 is 1.07 bits per heavy atom. The van der Waals surface area contributed by atoms with Crippen molar-refractivity contribution in [1.82, 2.24) is 0 Å². The van der Waals surface area contributed by atoms with E-state index in [1.165, 1.54) is 11.1 Å². The van der Waals surface area contributed by atoms with Crippen molar-refractivity contribution in [1.29, 1.82) is 0 Å². The smallest absolute Gasteiger partial charge is 0.192 e. The van der Waals surface area contributed by atoms with Gasteiger partial charge in [-0.05, 0) is 47.3 Å². The topological polar surface area (TPSA) is 9.23 Å². The monoisotopic (exact) mass is 398 g/mol. The van der Waals surface area contributed by atoms with Gasteiger partial charge in [0.15, 0.2) is 8.32 Å². The highest BCUT2D eigenvalue weighted by atomic mass is 28.4. The molecule has 0 aliphatic heterocycles. The summed E-state index contributed by atoms with van der Waals surface area (Å²) in [5, 5.41) is 0.241. The van der Waals surface area contributed by atoms with Crippen LogP contribution in [0, 0.1) is 17.4 Å². The molecule has 1 aromatic carbocycles. The molecule has 0 bridgehead atoms. The van der Waals surface area contributed by atoms with E-state index < -0.39 is 16.4 Å². The first-order valence-electron chi connectivity index (χ1n) is 9.92. The van der Waals surface area contributed by atoms with E-state index in [0.717, 1.165) is 6.61 Å². The van der Waals surface area contributed by atoms with Crippen LogP contribution in [0.25, 0.3) is 5.57 Å². The molecular formula is C24H38OSi2. The molecule has 0 saturated carbocycles. The summed E-state index contributed by atoms with van der Waals surface area (Å²) in [6.45, 7) is 21.3. The Morgan fingerprint density at radius 2 is 1.67 bits per heavy atom. The van der Waals surface area contributed by atoms with Crippen molar-refractivity contribution in [3.05, 3.63) is 54.1 Å². The molecule has 0 saturated heterocycles. The van der Waals surface area contributed by atoms with Crippen LogP contribution in [0.2, 0.25) is 37.8 Å². The van der Waals surface area contributed by atoms with Crippen molar-refractivity contribution in [3.8, 4) is 11.5 Å². The number of rotatable bonds is 6. The molecule has 0 amide bonds. The van der Waals surface area contributed by atoms with Crippen LogP contribution >= 0.6 is 0 Å². The van der Waals surface area contributed by atoms with Gasteiger partial charge in [-0.2, -0.15) is 0 Å². The van der Waals surface area contributed by atoms with E-state index >= 15 is 0 Å². The summed E-state index contributed by atoms with van der Waals surface area (Å²) >= 11 is 0. The van der Waals surface area contributed by atoms with Gasteiger partial charge in [0.2, 0.25) is 0 Å². The largest absolute Gasteiger partial charge is 0.416 e. The molecule has 148 valence electrons. The zero-order valence-electron chi connectivity index (χ0n) is 18.8. The van der Waals surface area contributed by atoms with Crippen LogP contribution in [0.4, 0.5) is 0 Å². The SMILES string of the molecule is C[C@H](/C=C(/C=C/C#C[Si](C)(C)C)c1ccccc1)CO[Si](C)(C)C(C)(C)C. The lowest BCUT2D eigenvalue weighted by Gasteiger charge is -2.36. The summed E-state index contributed by atoms with van der Waals surface area (Å²) in [6.07, 6.45) is 6.46. The Labute approximate surface area is 170 Å². The lowest BCUT2D eigenvalue weighted by atomic mass is 10.0. The van der Waals surface area contributed by atoms with E-state index in [1.807, 2.05) is 6.08 Å². The standard InChI is InChI=1S/C24H38OSi2/c1-21(20-25-27(8,9)24(2,3)4)19-23(22-15-11-10-12-16-22)17-13-14-18-26(5,6)7/h10-13,15-17,19,21H,20H2,1-9H3/b17-13+,23-19-/t21-/m1/s1. The maximum absolute atomic E-state index is 6.41. The molecule has 27 heavy (non-hydrogen) atoms. The fraction of sp³-hybridized carbons (Fsp3) is 0.500. The quantitative estimate of drug-likeness (QED) is 0.280. The van der Waals surface area contributed by atoms with Gasteiger partial charge in [0.05, 0.1) is 0 Å². The highest BCUT2D eigenvalue weighted by molar-refractivity contribution is 6.83. The Bertz CT molecular complexity index is 705. The van der Waals surface area contributed by atoms with E-state index in [0.29, 0.717) is 5.92 Å². The molecule has 0 aromatic heterocycles. The molecule has 0 aliphatic carbocycles. The molecule has 0 N–H and O–H groups in total. The summed E-state index contributed by atoms with van der Waals surface area (Å²) in [5.74, 6) is 3.59. The molecule has 0 spiro atoms. The molecule has 1 nitrogen and oxygen atoms in total. The molecule has 0 heterocycles. The Kier molecular flexibility index (Phi) is 8.54. The second-order valence-electron chi connectivity index (χ2n) is 9.89. The maximum Gasteiger partial charge on any atom is 0.192 e. The van der Waals surface area contributed by atoms with Crippen molar-refractivity contribution >= 4 is 22.0 Å². The lowest BCUT2D eigenvalue weighted by molar-refractivity contribution is 0.259. The van der Waals surface area contributed by atoms with Gasteiger partial charge in [0, 0.05) is 6.61 Å². The van der Waals surface area contributed by atoms with Crippen LogP contribution in [0.3, 0.4) is 0 Å². The summed E-state index contributed by atoms with van der Waals surface area (Å²) < 4.78 is 6.41. The van der Waals surface area contributed by atoms with E-state index in [1.54, 1.807) is 0 Å². The Hall–Kier alpha value is -1.35. The summed E-state index contributed by atoms with van der Waals surface area (Å²) in [5.41, 5.74) is 5.84. The zero-order chi connectivity index (χ0) is 20.7. The minimum absolute atomic E-state index is 0.241. The lowest BCUT2D eigenvalue weighted by Crippen LogP contribution is -2.41. The van der Waals surface area contributed by atoms with Crippen LogP contribution in [-0.4, -0.2) is 23.0 Å². The zero-order valence-corrected chi connectivity index (χ0v) is 20.8. The molecule has 1 atom stereocenters. The molecule has 1 rings (SSSR count). The third kappa shape index (κ3) is 8.92. The Balaban J connectivity index is 2.98. The maximum atomic E-state index is 6.41. The first-order valence-corrected chi connectivity index (χ1v) is 16.3. The fourth-order valence-corrected chi connectivity index (χ4v) is 3.81. The summed E-state index contributed by atoms with van der Waals surface area (Å²) in [7, 11) is -3.05. The van der Waals surface area contributed by atoms with Gasteiger partial charge in [0.1, 0.15) is 8.07 Å². The van der Waals surface area contributed by atoms with Gasteiger partial charge >= 0.3 is 0 Å². The van der Waals surface area contributed by atoms with Gasteiger partial charge in [0.25, 0.3) is 0 Å². The first-order chi connectivity index (χ1) is 12.3. The number of allylic oxidation sites excluding steroid dienone is 3. The minimum atomic E-state index is -1.72. The minimum Gasteiger partial charge on any atom is -0.416 e. The molecule has 0 fully saturated rings. The van der Waals surface area contributed by atoms with E-state index in [-0.39, 0.29) is 5.04 Å². The van der Waals surface area contributed by atoms with Crippen LogP contribution in [0.1, 0.15) is 33.3 Å². The molecule has 1 aromatic rings. The van der Waals surface area contributed by atoms with Gasteiger partial charge < -0.3 is 4.43 Å². The Morgan fingerprint density at radius 3 is 2.19 bits per heavy atom. The third-order valence-electron chi connectivity index (χ3n) is 4.88. The van der Waals surface area contributed by atoms with Crippen molar-refractivity contribution in [3.63, 3.8) is 0 Å². The molecule has 3 heteroatoms. The van der Waals surface area contributed by atoms with Crippen molar-refractivity contribution < 1.29 is 4.43 Å². The summed E-state index contributed by atoms with van der Waals surface area (Å²) in [4.78, 5) is 0. The predicted molar refractivity (Wildman–Crippen MR) is 127 cm³/mol. The first kappa shape index (κ1) is 23.7. The van der Waals surface area contributed by atoms with Crippen molar-refractivity contribution in [2.75, 3.05) is 6.61 Å². The highest BCUT2D eigenvalue weighted by Gasteiger charge is 2.37. The molecule has 0 radical (unpaired) electrons. The molecular weight excluding hydrogens is 360 g/mol. The van der Waals surface area contributed by atoms with Gasteiger partial charge in [-0.3, -0.25) is 0 Å². The normalized spacial score (nSPS) is 14.8. The van der Waals surface area contributed by atoms with E-state index in [9.17, 15) is 0 Å². The van der Waals surface area contributed by atoms with Gasteiger partial charge in [-0.25, -0.2) is 0 Å². The fourth-order valence-electron chi connectivity index (χ4n) is 2.18.